The Bertz CT molecular complexity index is 433. The van der Waals surface area contributed by atoms with Crippen LogP contribution in [0.2, 0.25) is 5.02 Å². The molecule has 0 aliphatic carbocycles. The lowest BCUT2D eigenvalue weighted by molar-refractivity contribution is 0.101. The van der Waals surface area contributed by atoms with Gasteiger partial charge in [0.2, 0.25) is 0 Å². The van der Waals surface area contributed by atoms with Crippen molar-refractivity contribution >= 4 is 23.1 Å². The summed E-state index contributed by atoms with van der Waals surface area (Å²) in [6, 6.07) is 5.40. The zero-order valence-corrected chi connectivity index (χ0v) is 10.6. The maximum Gasteiger partial charge on any atom is 0.159 e. The molecule has 3 nitrogen and oxygen atoms in total. The molecule has 0 radical (unpaired) electrons. The average Bonchev–Trinajstić information content (AvgIpc) is 2.77. The van der Waals surface area contributed by atoms with E-state index in [1.54, 1.807) is 12.1 Å². The SMILES string of the molecule is CC(=O)c1ccc(N2CCC(CO)C2)c(Cl)c1. The van der Waals surface area contributed by atoms with Gasteiger partial charge in [-0.25, -0.2) is 0 Å². The second kappa shape index (κ2) is 5.07. The number of hydrogen-bond acceptors (Lipinski definition) is 3. The molecule has 1 heterocycles. The van der Waals surface area contributed by atoms with E-state index in [0.717, 1.165) is 25.2 Å². The standard InChI is InChI=1S/C13H16ClNO2/c1-9(17)11-2-3-13(12(14)6-11)15-5-4-10(7-15)8-16/h2-3,6,10,16H,4-5,7-8H2,1H3. The van der Waals surface area contributed by atoms with Crippen LogP contribution in [0.4, 0.5) is 5.69 Å². The smallest absolute Gasteiger partial charge is 0.159 e. The number of aliphatic hydroxyl groups is 1. The molecule has 0 spiro atoms. The molecule has 17 heavy (non-hydrogen) atoms. The molecule has 1 N–H and O–H groups in total. The Morgan fingerprint density at radius 2 is 2.35 bits per heavy atom. The monoisotopic (exact) mass is 253 g/mol. The maximum absolute atomic E-state index is 11.2. The van der Waals surface area contributed by atoms with Gasteiger partial charge in [0.1, 0.15) is 0 Å². The van der Waals surface area contributed by atoms with Crippen molar-refractivity contribution in [3.8, 4) is 0 Å². The Labute approximate surface area is 106 Å². The van der Waals surface area contributed by atoms with Crippen molar-refractivity contribution in [1.29, 1.82) is 0 Å². The first kappa shape index (κ1) is 12.4. The molecule has 0 bridgehead atoms. The highest BCUT2D eigenvalue weighted by Gasteiger charge is 2.23. The summed E-state index contributed by atoms with van der Waals surface area (Å²) in [4.78, 5) is 13.4. The van der Waals surface area contributed by atoms with Crippen LogP contribution < -0.4 is 4.90 Å². The highest BCUT2D eigenvalue weighted by atomic mass is 35.5. The third-order valence-electron chi connectivity index (χ3n) is 3.24. The zero-order valence-electron chi connectivity index (χ0n) is 9.82. The zero-order chi connectivity index (χ0) is 12.4. The number of ketones is 1. The second-order valence-electron chi connectivity index (χ2n) is 4.51. The minimum Gasteiger partial charge on any atom is -0.396 e. The Kier molecular flexibility index (Phi) is 3.69. The van der Waals surface area contributed by atoms with E-state index in [1.807, 2.05) is 6.07 Å². The molecule has 1 fully saturated rings. The van der Waals surface area contributed by atoms with Crippen LogP contribution in [-0.2, 0) is 0 Å². The minimum atomic E-state index is 0.0214. The largest absolute Gasteiger partial charge is 0.396 e. The molecular weight excluding hydrogens is 238 g/mol. The second-order valence-corrected chi connectivity index (χ2v) is 4.91. The molecule has 1 aromatic rings. The van der Waals surface area contributed by atoms with Crippen LogP contribution in [0.3, 0.4) is 0 Å². The van der Waals surface area contributed by atoms with E-state index in [2.05, 4.69) is 4.90 Å². The molecule has 0 amide bonds. The summed E-state index contributed by atoms with van der Waals surface area (Å²) in [6.45, 7) is 3.49. The van der Waals surface area contributed by atoms with Crippen molar-refractivity contribution < 1.29 is 9.90 Å². The first-order chi connectivity index (χ1) is 8.11. The van der Waals surface area contributed by atoms with E-state index in [4.69, 9.17) is 16.7 Å². The van der Waals surface area contributed by atoms with Crippen molar-refractivity contribution in [3.05, 3.63) is 28.8 Å². The molecule has 92 valence electrons. The first-order valence-electron chi connectivity index (χ1n) is 5.78. The number of rotatable bonds is 3. The normalized spacial score (nSPS) is 19.7. The van der Waals surface area contributed by atoms with Gasteiger partial charge in [-0.2, -0.15) is 0 Å². The van der Waals surface area contributed by atoms with Gasteiger partial charge in [0.15, 0.2) is 5.78 Å². The Hall–Kier alpha value is -1.06. The number of anilines is 1. The van der Waals surface area contributed by atoms with Crippen molar-refractivity contribution in [2.45, 2.75) is 13.3 Å². The molecule has 1 aromatic carbocycles. The Balaban J connectivity index is 2.20. The number of carbonyl (C=O) groups excluding carboxylic acids is 1. The van der Waals surface area contributed by atoms with Gasteiger partial charge in [0.25, 0.3) is 0 Å². The lowest BCUT2D eigenvalue weighted by atomic mass is 10.1. The third-order valence-corrected chi connectivity index (χ3v) is 3.54. The number of aliphatic hydroxyl groups excluding tert-OH is 1. The van der Waals surface area contributed by atoms with Gasteiger partial charge in [-0.3, -0.25) is 4.79 Å². The molecule has 0 aromatic heterocycles. The first-order valence-corrected chi connectivity index (χ1v) is 6.16. The van der Waals surface area contributed by atoms with Crippen LogP contribution in [0.15, 0.2) is 18.2 Å². The van der Waals surface area contributed by atoms with E-state index in [-0.39, 0.29) is 12.4 Å². The maximum atomic E-state index is 11.2. The Morgan fingerprint density at radius 1 is 1.59 bits per heavy atom. The summed E-state index contributed by atoms with van der Waals surface area (Å²) in [7, 11) is 0. The third kappa shape index (κ3) is 2.61. The van der Waals surface area contributed by atoms with E-state index in [0.29, 0.717) is 16.5 Å². The topological polar surface area (TPSA) is 40.5 Å². The minimum absolute atomic E-state index is 0.0214. The summed E-state index contributed by atoms with van der Waals surface area (Å²) in [5.74, 6) is 0.353. The highest BCUT2D eigenvalue weighted by molar-refractivity contribution is 6.33. The predicted molar refractivity (Wildman–Crippen MR) is 68.9 cm³/mol. The van der Waals surface area contributed by atoms with Crippen LogP contribution >= 0.6 is 11.6 Å². The summed E-state index contributed by atoms with van der Waals surface area (Å²) < 4.78 is 0. The lowest BCUT2D eigenvalue weighted by Crippen LogP contribution is -2.21. The van der Waals surface area contributed by atoms with E-state index in [1.165, 1.54) is 6.92 Å². The van der Waals surface area contributed by atoms with E-state index < -0.39 is 0 Å². The van der Waals surface area contributed by atoms with E-state index in [9.17, 15) is 4.79 Å². The number of halogens is 1. The number of carbonyl (C=O) groups is 1. The molecule has 1 atom stereocenters. The van der Waals surface area contributed by atoms with Crippen molar-refractivity contribution in [2.24, 2.45) is 5.92 Å². The molecule has 0 saturated carbocycles. The number of nitrogens with zero attached hydrogens (tertiary/aromatic N) is 1. The van der Waals surface area contributed by atoms with Crippen molar-refractivity contribution in [1.82, 2.24) is 0 Å². The number of benzene rings is 1. The highest BCUT2D eigenvalue weighted by Crippen LogP contribution is 2.31. The molecule has 2 rings (SSSR count). The molecule has 1 unspecified atom stereocenters. The van der Waals surface area contributed by atoms with Crippen LogP contribution in [0.25, 0.3) is 0 Å². The predicted octanol–water partition coefficient (Wildman–Crippen LogP) is 2.36. The number of hydrogen-bond donors (Lipinski definition) is 1. The van der Waals surface area contributed by atoms with Crippen LogP contribution in [0.5, 0.6) is 0 Å². The average molecular weight is 254 g/mol. The fourth-order valence-corrected chi connectivity index (χ4v) is 2.48. The fraction of sp³-hybridized carbons (Fsp3) is 0.462. The number of Topliss-reactive ketones (excluding diaryl/α,β-unsaturated/α-hetero) is 1. The summed E-state index contributed by atoms with van der Waals surface area (Å²) in [5.41, 5.74) is 1.59. The van der Waals surface area contributed by atoms with Crippen molar-refractivity contribution in [3.63, 3.8) is 0 Å². The van der Waals surface area contributed by atoms with Crippen LogP contribution in [0, 0.1) is 5.92 Å². The molecule has 1 saturated heterocycles. The summed E-state index contributed by atoms with van der Waals surface area (Å²) >= 11 is 6.19. The van der Waals surface area contributed by atoms with Crippen LogP contribution in [-0.4, -0.2) is 30.6 Å². The molecule has 1 aliphatic rings. The van der Waals surface area contributed by atoms with Gasteiger partial charge in [-0.1, -0.05) is 11.6 Å². The molecule has 1 aliphatic heterocycles. The molecular formula is C13H16ClNO2. The van der Waals surface area contributed by atoms with Gasteiger partial charge < -0.3 is 10.0 Å². The quantitative estimate of drug-likeness (QED) is 0.841. The lowest BCUT2D eigenvalue weighted by Gasteiger charge is -2.20. The van der Waals surface area contributed by atoms with Crippen molar-refractivity contribution in [2.75, 3.05) is 24.6 Å². The van der Waals surface area contributed by atoms with Gasteiger partial charge in [-0.05, 0) is 31.5 Å². The van der Waals surface area contributed by atoms with Gasteiger partial charge in [0.05, 0.1) is 10.7 Å². The van der Waals surface area contributed by atoms with E-state index >= 15 is 0 Å². The molecule has 4 heteroatoms. The fourth-order valence-electron chi connectivity index (χ4n) is 2.18. The van der Waals surface area contributed by atoms with Crippen LogP contribution in [0.1, 0.15) is 23.7 Å². The Morgan fingerprint density at radius 3 is 2.88 bits per heavy atom. The van der Waals surface area contributed by atoms with Gasteiger partial charge in [0, 0.05) is 31.2 Å². The van der Waals surface area contributed by atoms with Gasteiger partial charge in [-0.15, -0.1) is 0 Å². The van der Waals surface area contributed by atoms with Gasteiger partial charge >= 0.3 is 0 Å². The summed E-state index contributed by atoms with van der Waals surface area (Å²) in [6.07, 6.45) is 0.987. The summed E-state index contributed by atoms with van der Waals surface area (Å²) in [5, 5.41) is 9.72.